The standard InChI is InChI=1S/C23H29ClN2O5S/c1-7-25(8-2)23(27)15-26(20-13-17(16(3)4)9-11-19(20)24)32(28,29)18-10-12-21(30-5)22(14-18)31-6/h9-14H,3,7-8,15H2,1-2,4-6H3. The summed E-state index contributed by atoms with van der Waals surface area (Å²) in [6.07, 6.45) is 0. The Kier molecular flexibility index (Phi) is 8.58. The molecule has 0 aliphatic heterocycles. The molecule has 0 aromatic heterocycles. The number of methoxy groups -OCH3 is 2. The van der Waals surface area contributed by atoms with Crippen LogP contribution in [0.2, 0.25) is 5.02 Å². The second-order valence-corrected chi connectivity index (χ2v) is 9.31. The van der Waals surface area contributed by atoms with Crippen molar-refractivity contribution in [2.75, 3.05) is 38.2 Å². The Balaban J connectivity index is 2.69. The maximum absolute atomic E-state index is 13.7. The Hall–Kier alpha value is -2.71. The van der Waals surface area contributed by atoms with Crippen molar-refractivity contribution in [1.82, 2.24) is 4.90 Å². The first-order valence-electron chi connectivity index (χ1n) is 10.1. The molecule has 0 aliphatic carbocycles. The summed E-state index contributed by atoms with van der Waals surface area (Å²) in [6.45, 7) is 9.91. The average Bonchev–Trinajstić information content (AvgIpc) is 2.78. The largest absolute Gasteiger partial charge is 0.493 e. The first kappa shape index (κ1) is 25.5. The maximum Gasteiger partial charge on any atom is 0.264 e. The van der Waals surface area contributed by atoms with Crippen molar-refractivity contribution in [1.29, 1.82) is 0 Å². The zero-order chi connectivity index (χ0) is 24.1. The highest BCUT2D eigenvalue weighted by Gasteiger charge is 2.31. The highest BCUT2D eigenvalue weighted by Crippen LogP contribution is 2.35. The normalized spacial score (nSPS) is 11.1. The van der Waals surface area contributed by atoms with Gasteiger partial charge in [-0.1, -0.05) is 29.8 Å². The number of benzene rings is 2. The summed E-state index contributed by atoms with van der Waals surface area (Å²) in [4.78, 5) is 14.4. The number of hydrogen-bond donors (Lipinski definition) is 0. The minimum Gasteiger partial charge on any atom is -0.493 e. The van der Waals surface area contributed by atoms with E-state index < -0.39 is 16.6 Å². The molecule has 0 bridgehead atoms. The Bertz CT molecular complexity index is 1100. The number of anilines is 1. The van der Waals surface area contributed by atoms with Gasteiger partial charge in [0, 0.05) is 19.2 Å². The van der Waals surface area contributed by atoms with Crippen LogP contribution in [0.1, 0.15) is 26.3 Å². The lowest BCUT2D eigenvalue weighted by molar-refractivity contribution is -0.129. The number of allylic oxidation sites excluding steroid dienone is 1. The van der Waals surface area contributed by atoms with Gasteiger partial charge in [0.2, 0.25) is 5.91 Å². The molecule has 0 aliphatic rings. The molecule has 9 heteroatoms. The molecule has 2 aromatic carbocycles. The molecule has 0 saturated carbocycles. The van der Waals surface area contributed by atoms with E-state index in [4.69, 9.17) is 21.1 Å². The molecule has 0 unspecified atom stereocenters. The molecule has 0 fully saturated rings. The Morgan fingerprint density at radius 3 is 2.19 bits per heavy atom. The maximum atomic E-state index is 13.7. The quantitative estimate of drug-likeness (QED) is 0.502. The van der Waals surface area contributed by atoms with Crippen molar-refractivity contribution >= 4 is 38.8 Å². The van der Waals surface area contributed by atoms with E-state index in [1.165, 1.54) is 32.4 Å². The van der Waals surface area contributed by atoms with Crippen molar-refractivity contribution in [2.24, 2.45) is 0 Å². The highest BCUT2D eigenvalue weighted by molar-refractivity contribution is 7.92. The van der Waals surface area contributed by atoms with Gasteiger partial charge in [-0.25, -0.2) is 8.42 Å². The van der Waals surface area contributed by atoms with Crippen LogP contribution in [0.4, 0.5) is 5.69 Å². The monoisotopic (exact) mass is 480 g/mol. The van der Waals surface area contributed by atoms with Crippen LogP contribution in [0.3, 0.4) is 0 Å². The van der Waals surface area contributed by atoms with E-state index in [9.17, 15) is 13.2 Å². The average molecular weight is 481 g/mol. The molecule has 174 valence electrons. The Morgan fingerprint density at radius 2 is 1.66 bits per heavy atom. The second kappa shape index (κ2) is 10.7. The van der Waals surface area contributed by atoms with Crippen molar-refractivity contribution in [3.05, 3.63) is 53.6 Å². The Morgan fingerprint density at radius 1 is 1.03 bits per heavy atom. The topological polar surface area (TPSA) is 76.2 Å². The van der Waals surface area contributed by atoms with E-state index in [1.54, 1.807) is 30.0 Å². The molecule has 2 aromatic rings. The van der Waals surface area contributed by atoms with E-state index >= 15 is 0 Å². The number of nitrogens with zero attached hydrogens (tertiary/aromatic N) is 2. The van der Waals surface area contributed by atoms with Crippen LogP contribution < -0.4 is 13.8 Å². The molecular formula is C23H29ClN2O5S. The van der Waals surface area contributed by atoms with Gasteiger partial charge in [0.15, 0.2) is 11.5 Å². The fraction of sp³-hybridized carbons (Fsp3) is 0.348. The van der Waals surface area contributed by atoms with Gasteiger partial charge in [0.1, 0.15) is 6.54 Å². The molecule has 32 heavy (non-hydrogen) atoms. The van der Waals surface area contributed by atoms with Crippen molar-refractivity contribution in [2.45, 2.75) is 25.7 Å². The van der Waals surface area contributed by atoms with Crippen LogP contribution in [0.25, 0.3) is 5.57 Å². The smallest absolute Gasteiger partial charge is 0.264 e. The molecule has 0 radical (unpaired) electrons. The second-order valence-electron chi connectivity index (χ2n) is 7.04. The first-order valence-corrected chi connectivity index (χ1v) is 11.9. The number of ether oxygens (including phenoxy) is 2. The van der Waals surface area contributed by atoms with E-state index in [-0.39, 0.29) is 27.3 Å². The molecule has 0 spiro atoms. The molecular weight excluding hydrogens is 452 g/mol. The van der Waals surface area contributed by atoms with Gasteiger partial charge in [0.05, 0.1) is 29.8 Å². The summed E-state index contributed by atoms with van der Waals surface area (Å²) in [5, 5.41) is 0.200. The fourth-order valence-corrected chi connectivity index (χ4v) is 4.88. The van der Waals surface area contributed by atoms with E-state index in [0.717, 1.165) is 9.88 Å². The predicted molar refractivity (Wildman–Crippen MR) is 128 cm³/mol. The van der Waals surface area contributed by atoms with Gasteiger partial charge in [-0.2, -0.15) is 0 Å². The van der Waals surface area contributed by atoms with Crippen molar-refractivity contribution in [3.63, 3.8) is 0 Å². The summed E-state index contributed by atoms with van der Waals surface area (Å²) in [5.74, 6) is 0.306. The van der Waals surface area contributed by atoms with Gasteiger partial charge in [-0.15, -0.1) is 0 Å². The minimum atomic E-state index is -4.19. The van der Waals surface area contributed by atoms with Crippen molar-refractivity contribution < 1.29 is 22.7 Å². The van der Waals surface area contributed by atoms with Crippen LogP contribution in [-0.2, 0) is 14.8 Å². The third kappa shape index (κ3) is 5.37. The van der Waals surface area contributed by atoms with Crippen molar-refractivity contribution in [3.8, 4) is 11.5 Å². The number of rotatable bonds is 10. The molecule has 0 N–H and O–H groups in total. The number of sulfonamides is 1. The van der Waals surface area contributed by atoms with Gasteiger partial charge in [-0.05, 0) is 50.6 Å². The van der Waals surface area contributed by atoms with Crippen LogP contribution >= 0.6 is 11.6 Å². The van der Waals surface area contributed by atoms with Gasteiger partial charge in [0.25, 0.3) is 10.0 Å². The molecule has 1 amide bonds. The summed E-state index contributed by atoms with van der Waals surface area (Å²) in [5.41, 5.74) is 1.65. The molecule has 0 atom stereocenters. The van der Waals surface area contributed by atoms with Gasteiger partial charge in [-0.3, -0.25) is 9.10 Å². The van der Waals surface area contributed by atoms with Gasteiger partial charge >= 0.3 is 0 Å². The van der Waals surface area contributed by atoms with E-state index in [2.05, 4.69) is 6.58 Å². The summed E-state index contributed by atoms with van der Waals surface area (Å²) in [6, 6.07) is 9.24. The minimum absolute atomic E-state index is 0.0562. The highest BCUT2D eigenvalue weighted by atomic mass is 35.5. The zero-order valence-electron chi connectivity index (χ0n) is 19.0. The zero-order valence-corrected chi connectivity index (χ0v) is 20.6. The van der Waals surface area contributed by atoms with E-state index in [1.807, 2.05) is 13.8 Å². The number of halogens is 1. The van der Waals surface area contributed by atoms with Crippen LogP contribution in [0.15, 0.2) is 47.9 Å². The van der Waals surface area contributed by atoms with Crippen LogP contribution in [0.5, 0.6) is 11.5 Å². The number of amides is 1. The fourth-order valence-electron chi connectivity index (χ4n) is 3.17. The summed E-state index contributed by atoms with van der Waals surface area (Å²) in [7, 11) is -1.30. The number of likely N-dealkylation sites (N-methyl/N-ethyl adjacent to an activating group) is 1. The van der Waals surface area contributed by atoms with E-state index in [0.29, 0.717) is 24.4 Å². The van der Waals surface area contributed by atoms with Gasteiger partial charge < -0.3 is 14.4 Å². The first-order chi connectivity index (χ1) is 15.1. The summed E-state index contributed by atoms with van der Waals surface area (Å²) >= 11 is 6.42. The summed E-state index contributed by atoms with van der Waals surface area (Å²) < 4.78 is 39.0. The lowest BCUT2D eigenvalue weighted by Gasteiger charge is -2.28. The number of carbonyl (C=O) groups is 1. The predicted octanol–water partition coefficient (Wildman–Crippen LogP) is 4.45. The third-order valence-electron chi connectivity index (χ3n) is 5.05. The lowest BCUT2D eigenvalue weighted by Crippen LogP contribution is -2.43. The SMILES string of the molecule is C=C(C)c1ccc(Cl)c(N(CC(=O)N(CC)CC)S(=O)(=O)c2ccc(OC)c(OC)c2)c1. The van der Waals surface area contributed by atoms with Crippen LogP contribution in [-0.4, -0.2) is 53.1 Å². The number of hydrogen-bond acceptors (Lipinski definition) is 5. The molecule has 0 heterocycles. The molecule has 0 saturated heterocycles. The molecule has 7 nitrogen and oxygen atoms in total. The third-order valence-corrected chi connectivity index (χ3v) is 7.12. The Labute approximate surface area is 195 Å². The lowest BCUT2D eigenvalue weighted by atomic mass is 10.1. The molecule has 2 rings (SSSR count). The van der Waals surface area contributed by atoms with Crippen LogP contribution in [0, 0.1) is 0 Å². The number of carbonyl (C=O) groups excluding carboxylic acids is 1.